The number of benzene rings is 1. The quantitative estimate of drug-likeness (QED) is 0.695. The molecule has 1 saturated heterocycles. The van der Waals surface area contributed by atoms with Crippen LogP contribution in [0.25, 0.3) is 0 Å². The maximum atomic E-state index is 3.32. The third kappa shape index (κ3) is 2.44. The summed E-state index contributed by atoms with van der Waals surface area (Å²) in [5.74, 6) is 0. The number of hydrazine groups is 1. The molecule has 0 spiro atoms. The molecule has 0 saturated carbocycles. The number of rotatable bonds is 2. The Kier molecular flexibility index (Phi) is 2.79. The van der Waals surface area contributed by atoms with E-state index in [0.29, 0.717) is 0 Å². The molecule has 1 heterocycles. The third-order valence-corrected chi connectivity index (χ3v) is 2.10. The van der Waals surface area contributed by atoms with Gasteiger partial charge in [-0.25, -0.2) is 5.01 Å². The van der Waals surface area contributed by atoms with Crippen LogP contribution in [0.5, 0.6) is 0 Å². The molecule has 69 valence electrons. The van der Waals surface area contributed by atoms with Gasteiger partial charge in [-0.05, 0) is 6.07 Å². The van der Waals surface area contributed by atoms with Crippen molar-refractivity contribution in [2.75, 3.05) is 31.6 Å². The highest BCUT2D eigenvalue weighted by molar-refractivity contribution is 5.40. The highest BCUT2D eigenvalue weighted by Gasteiger charge is 2.07. The van der Waals surface area contributed by atoms with Crippen molar-refractivity contribution >= 4 is 5.69 Å². The lowest BCUT2D eigenvalue weighted by Crippen LogP contribution is -2.46. The van der Waals surface area contributed by atoms with E-state index in [0.717, 1.165) is 31.9 Å². The molecule has 1 radical (unpaired) electrons. The molecule has 2 rings (SSSR count). The van der Waals surface area contributed by atoms with Gasteiger partial charge in [0, 0.05) is 32.2 Å². The average Bonchev–Trinajstić information content (AvgIpc) is 2.21. The molecule has 3 heteroatoms. The molecular weight excluding hydrogens is 162 g/mol. The summed E-state index contributed by atoms with van der Waals surface area (Å²) in [7, 11) is 0. The van der Waals surface area contributed by atoms with Gasteiger partial charge in [0.2, 0.25) is 0 Å². The fraction of sp³-hybridized carbons (Fsp3) is 0.400. The monoisotopic (exact) mass is 176 g/mol. The largest absolute Gasteiger partial charge is 0.318 e. The van der Waals surface area contributed by atoms with Gasteiger partial charge in [0.1, 0.15) is 0 Å². The lowest BCUT2D eigenvalue weighted by atomic mass is 10.3. The van der Waals surface area contributed by atoms with Gasteiger partial charge in [0.15, 0.2) is 0 Å². The van der Waals surface area contributed by atoms with Crippen molar-refractivity contribution < 1.29 is 0 Å². The van der Waals surface area contributed by atoms with Gasteiger partial charge >= 0.3 is 0 Å². The molecule has 3 nitrogen and oxygen atoms in total. The average molecular weight is 176 g/mol. The zero-order valence-corrected chi connectivity index (χ0v) is 7.59. The molecule has 0 atom stereocenters. The summed E-state index contributed by atoms with van der Waals surface area (Å²) < 4.78 is 0. The highest BCUT2D eigenvalue weighted by atomic mass is 15.5. The predicted octanol–water partition coefficient (Wildman–Crippen LogP) is 0.719. The number of para-hydroxylation sites is 1. The minimum Gasteiger partial charge on any atom is -0.318 e. The highest BCUT2D eigenvalue weighted by Crippen LogP contribution is 2.05. The summed E-state index contributed by atoms with van der Waals surface area (Å²) in [5, 5.41) is 5.52. The number of piperazine rings is 1. The minimum absolute atomic E-state index is 1.04. The van der Waals surface area contributed by atoms with Crippen molar-refractivity contribution in [2.45, 2.75) is 0 Å². The fourth-order valence-corrected chi connectivity index (χ4v) is 1.41. The molecular formula is C10H14N3. The Morgan fingerprint density at radius 2 is 2.15 bits per heavy atom. The molecule has 1 aliphatic heterocycles. The summed E-state index contributed by atoms with van der Waals surface area (Å²) in [6.45, 7) is 4.20. The maximum absolute atomic E-state index is 3.32. The number of nitrogens with one attached hydrogen (secondary N) is 2. The molecule has 0 bridgehead atoms. The van der Waals surface area contributed by atoms with Crippen molar-refractivity contribution in [3.63, 3.8) is 0 Å². The minimum atomic E-state index is 1.04. The standard InChI is InChI=1S/C10H14N3/c1-2-4-10(5-3-1)12-13-8-6-11-7-9-13/h1-4,11-12H,6-9H2. The maximum Gasteiger partial charge on any atom is 0.0569 e. The second kappa shape index (κ2) is 4.25. The van der Waals surface area contributed by atoms with Crippen LogP contribution in [0.15, 0.2) is 24.3 Å². The fourth-order valence-electron chi connectivity index (χ4n) is 1.41. The van der Waals surface area contributed by atoms with E-state index in [1.54, 1.807) is 0 Å². The topological polar surface area (TPSA) is 27.3 Å². The lowest BCUT2D eigenvalue weighted by molar-refractivity contribution is 0.287. The summed E-state index contributed by atoms with van der Waals surface area (Å²) in [6, 6.07) is 11.1. The van der Waals surface area contributed by atoms with E-state index in [2.05, 4.69) is 21.8 Å². The van der Waals surface area contributed by atoms with Crippen molar-refractivity contribution in [2.24, 2.45) is 0 Å². The SMILES string of the molecule is [c]1ccccc1NN1CCNCC1. The van der Waals surface area contributed by atoms with Crippen LogP contribution in [0.2, 0.25) is 0 Å². The van der Waals surface area contributed by atoms with Gasteiger partial charge in [-0.2, -0.15) is 0 Å². The molecule has 0 unspecified atom stereocenters. The van der Waals surface area contributed by atoms with Crippen LogP contribution in [-0.4, -0.2) is 31.2 Å². The Bertz CT molecular complexity index is 242. The zero-order valence-electron chi connectivity index (χ0n) is 7.59. The van der Waals surface area contributed by atoms with E-state index in [9.17, 15) is 0 Å². The Balaban J connectivity index is 1.90. The number of hydrogen-bond donors (Lipinski definition) is 2. The first kappa shape index (κ1) is 8.53. The molecule has 1 aromatic rings. The Labute approximate surface area is 78.7 Å². The van der Waals surface area contributed by atoms with Crippen LogP contribution in [0, 0.1) is 6.07 Å². The normalized spacial score (nSPS) is 18.5. The van der Waals surface area contributed by atoms with Crippen LogP contribution in [0.4, 0.5) is 5.69 Å². The first-order chi connectivity index (χ1) is 6.45. The summed E-state index contributed by atoms with van der Waals surface area (Å²) in [5.41, 5.74) is 4.36. The van der Waals surface area contributed by atoms with Crippen LogP contribution >= 0.6 is 0 Å². The van der Waals surface area contributed by atoms with Gasteiger partial charge in [-0.1, -0.05) is 18.2 Å². The molecule has 0 aromatic heterocycles. The molecule has 1 aromatic carbocycles. The van der Waals surface area contributed by atoms with Crippen molar-refractivity contribution in [1.82, 2.24) is 10.3 Å². The third-order valence-electron chi connectivity index (χ3n) is 2.10. The van der Waals surface area contributed by atoms with E-state index < -0.39 is 0 Å². The summed E-state index contributed by atoms with van der Waals surface area (Å²) in [4.78, 5) is 0. The first-order valence-corrected chi connectivity index (χ1v) is 4.64. The van der Waals surface area contributed by atoms with Gasteiger partial charge in [0.25, 0.3) is 0 Å². The van der Waals surface area contributed by atoms with Gasteiger partial charge in [-0.3, -0.25) is 0 Å². The second-order valence-electron chi connectivity index (χ2n) is 3.13. The number of hydrogen-bond acceptors (Lipinski definition) is 3. The molecule has 1 aliphatic rings. The zero-order chi connectivity index (χ0) is 8.93. The van der Waals surface area contributed by atoms with E-state index in [1.807, 2.05) is 24.3 Å². The van der Waals surface area contributed by atoms with E-state index in [1.165, 1.54) is 0 Å². The molecule has 1 fully saturated rings. The predicted molar refractivity (Wildman–Crippen MR) is 53.3 cm³/mol. The van der Waals surface area contributed by atoms with Crippen LogP contribution in [0.3, 0.4) is 0 Å². The smallest absolute Gasteiger partial charge is 0.0569 e. The van der Waals surface area contributed by atoms with Crippen molar-refractivity contribution in [1.29, 1.82) is 0 Å². The van der Waals surface area contributed by atoms with E-state index >= 15 is 0 Å². The molecule has 13 heavy (non-hydrogen) atoms. The Hall–Kier alpha value is -1.06. The number of anilines is 1. The summed E-state index contributed by atoms with van der Waals surface area (Å²) >= 11 is 0. The van der Waals surface area contributed by atoms with Crippen LogP contribution in [0.1, 0.15) is 0 Å². The van der Waals surface area contributed by atoms with Crippen LogP contribution < -0.4 is 10.7 Å². The Morgan fingerprint density at radius 3 is 2.85 bits per heavy atom. The van der Waals surface area contributed by atoms with Gasteiger partial charge in [0.05, 0.1) is 5.69 Å². The van der Waals surface area contributed by atoms with Crippen molar-refractivity contribution in [3.8, 4) is 0 Å². The first-order valence-electron chi connectivity index (χ1n) is 4.64. The van der Waals surface area contributed by atoms with E-state index in [4.69, 9.17) is 0 Å². The number of nitrogens with zero attached hydrogens (tertiary/aromatic N) is 1. The van der Waals surface area contributed by atoms with Gasteiger partial charge in [-0.15, -0.1) is 0 Å². The Morgan fingerprint density at radius 1 is 1.31 bits per heavy atom. The molecule has 2 N–H and O–H groups in total. The second-order valence-corrected chi connectivity index (χ2v) is 3.13. The van der Waals surface area contributed by atoms with Gasteiger partial charge < -0.3 is 10.7 Å². The molecule has 0 amide bonds. The van der Waals surface area contributed by atoms with Crippen molar-refractivity contribution in [3.05, 3.63) is 30.3 Å². The summed E-state index contributed by atoms with van der Waals surface area (Å²) in [6.07, 6.45) is 0. The van der Waals surface area contributed by atoms with E-state index in [-0.39, 0.29) is 0 Å². The molecule has 0 aliphatic carbocycles. The lowest BCUT2D eigenvalue weighted by Gasteiger charge is -2.28. The van der Waals surface area contributed by atoms with Crippen LogP contribution in [-0.2, 0) is 0 Å².